The van der Waals surface area contributed by atoms with Crippen LogP contribution < -0.4 is 0 Å². The maximum atomic E-state index is 10.1. The molecule has 2 bridgehead atoms. The van der Waals surface area contributed by atoms with Gasteiger partial charge in [0.05, 0.1) is 0 Å². The largest absolute Gasteiger partial charge is 0.508 e. The number of hydrogen-bond donors (Lipinski definition) is 1. The molecule has 4 rings (SSSR count). The van der Waals surface area contributed by atoms with Crippen molar-refractivity contribution in [1.29, 1.82) is 0 Å². The number of fused-ring (bicyclic) bond motifs is 1. The van der Waals surface area contributed by atoms with Gasteiger partial charge in [-0.05, 0) is 74.5 Å². The number of rotatable bonds is 5. The molecule has 0 spiro atoms. The van der Waals surface area contributed by atoms with E-state index < -0.39 is 0 Å². The van der Waals surface area contributed by atoms with Gasteiger partial charge in [0.2, 0.25) is 0 Å². The van der Waals surface area contributed by atoms with E-state index in [4.69, 9.17) is 0 Å². The third kappa shape index (κ3) is 3.27. The van der Waals surface area contributed by atoms with Crippen molar-refractivity contribution in [3.05, 3.63) is 29.3 Å². The summed E-state index contributed by atoms with van der Waals surface area (Å²) in [5.41, 5.74) is 3.35. The number of phenols is 1. The Morgan fingerprint density at radius 1 is 1.19 bits per heavy atom. The van der Waals surface area contributed by atoms with Gasteiger partial charge in [-0.1, -0.05) is 32.8 Å². The lowest BCUT2D eigenvalue weighted by Crippen LogP contribution is -2.61. The van der Waals surface area contributed by atoms with Crippen molar-refractivity contribution in [2.75, 3.05) is 32.7 Å². The van der Waals surface area contributed by atoms with Crippen LogP contribution in [0.15, 0.2) is 18.2 Å². The van der Waals surface area contributed by atoms with Gasteiger partial charge in [0.1, 0.15) is 5.75 Å². The van der Waals surface area contributed by atoms with Gasteiger partial charge in [-0.25, -0.2) is 0 Å². The van der Waals surface area contributed by atoms with Crippen molar-refractivity contribution in [3.63, 3.8) is 0 Å². The predicted molar refractivity (Wildman–Crippen MR) is 110 cm³/mol. The van der Waals surface area contributed by atoms with Crippen LogP contribution in [0.3, 0.4) is 0 Å². The summed E-state index contributed by atoms with van der Waals surface area (Å²) in [6.45, 7) is 10.5. The predicted octanol–water partition coefficient (Wildman–Crippen LogP) is 4.21. The molecule has 1 heterocycles. The van der Waals surface area contributed by atoms with E-state index in [9.17, 15) is 5.11 Å². The Hall–Kier alpha value is -0.770. The van der Waals surface area contributed by atoms with Crippen LogP contribution in [0.2, 0.25) is 0 Å². The topological polar surface area (TPSA) is 26.7 Å². The lowest BCUT2D eigenvalue weighted by atomic mass is 9.52. The highest BCUT2D eigenvalue weighted by molar-refractivity contribution is 5.85. The Morgan fingerprint density at radius 2 is 2.00 bits per heavy atom. The molecular formula is C22H35ClN2O. The highest BCUT2D eigenvalue weighted by atomic mass is 35.5. The van der Waals surface area contributed by atoms with Crippen LogP contribution in [-0.4, -0.2) is 53.7 Å². The monoisotopic (exact) mass is 378 g/mol. The molecule has 0 radical (unpaired) electrons. The summed E-state index contributed by atoms with van der Waals surface area (Å²) in [6, 6.07) is 6.92. The molecule has 146 valence electrons. The first kappa shape index (κ1) is 20.0. The number of hydrogen-bond acceptors (Lipinski definition) is 3. The number of phenolic OH excluding ortho intramolecular Hbond substituents is 1. The molecular weight excluding hydrogens is 344 g/mol. The van der Waals surface area contributed by atoms with Gasteiger partial charge in [0.25, 0.3) is 0 Å². The molecule has 2 fully saturated rings. The van der Waals surface area contributed by atoms with Crippen LogP contribution in [0.4, 0.5) is 0 Å². The van der Waals surface area contributed by atoms with Gasteiger partial charge in [-0.15, -0.1) is 12.4 Å². The zero-order valence-corrected chi connectivity index (χ0v) is 17.2. The second-order valence-electron chi connectivity index (χ2n) is 8.43. The van der Waals surface area contributed by atoms with Gasteiger partial charge in [0, 0.05) is 24.5 Å². The minimum Gasteiger partial charge on any atom is -0.508 e. The molecule has 3 nitrogen and oxygen atoms in total. The number of likely N-dealkylation sites (N-methyl/N-ethyl adjacent to an activating group) is 1. The highest BCUT2D eigenvalue weighted by Crippen LogP contribution is 2.56. The number of benzene rings is 1. The van der Waals surface area contributed by atoms with E-state index in [1.165, 1.54) is 69.3 Å². The van der Waals surface area contributed by atoms with E-state index in [0.717, 1.165) is 19.0 Å². The Balaban J connectivity index is 0.00000196. The second-order valence-corrected chi connectivity index (χ2v) is 8.43. The number of aromatic hydroxyl groups is 1. The molecule has 26 heavy (non-hydrogen) atoms. The summed E-state index contributed by atoms with van der Waals surface area (Å²) in [4.78, 5) is 5.36. The van der Waals surface area contributed by atoms with E-state index in [1.54, 1.807) is 0 Å². The molecule has 4 heteroatoms. The van der Waals surface area contributed by atoms with Crippen molar-refractivity contribution >= 4 is 12.4 Å². The zero-order valence-electron chi connectivity index (χ0n) is 16.4. The Labute approximate surface area is 165 Å². The average Bonchev–Trinajstić information content (AvgIpc) is 2.64. The summed E-state index contributed by atoms with van der Waals surface area (Å²) in [6.07, 6.45) is 7.91. The van der Waals surface area contributed by atoms with Gasteiger partial charge >= 0.3 is 0 Å². The second kappa shape index (κ2) is 8.08. The molecule has 2 aliphatic carbocycles. The summed E-state index contributed by atoms with van der Waals surface area (Å²) < 4.78 is 0. The first-order valence-electron chi connectivity index (χ1n) is 10.5. The maximum absolute atomic E-state index is 10.1. The van der Waals surface area contributed by atoms with Crippen LogP contribution in [-0.2, 0) is 11.8 Å². The molecule has 0 aromatic heterocycles. The third-order valence-corrected chi connectivity index (χ3v) is 7.53. The van der Waals surface area contributed by atoms with Crippen LogP contribution in [0.5, 0.6) is 5.75 Å². The lowest BCUT2D eigenvalue weighted by Gasteiger charge is -2.59. The number of piperidine rings is 1. The minimum absolute atomic E-state index is 0. The third-order valence-electron chi connectivity index (χ3n) is 7.53. The minimum atomic E-state index is 0. The Morgan fingerprint density at radius 3 is 2.77 bits per heavy atom. The van der Waals surface area contributed by atoms with E-state index in [2.05, 4.69) is 35.8 Å². The van der Waals surface area contributed by atoms with Gasteiger partial charge in [-0.3, -0.25) is 4.90 Å². The van der Waals surface area contributed by atoms with Crippen molar-refractivity contribution in [2.24, 2.45) is 5.92 Å². The molecule has 1 saturated carbocycles. The van der Waals surface area contributed by atoms with Crippen molar-refractivity contribution in [3.8, 4) is 5.75 Å². The van der Waals surface area contributed by atoms with Crippen molar-refractivity contribution < 1.29 is 5.11 Å². The number of nitrogens with zero attached hydrogens (tertiary/aromatic N) is 2. The van der Waals surface area contributed by atoms with Gasteiger partial charge in [-0.2, -0.15) is 0 Å². The van der Waals surface area contributed by atoms with Crippen molar-refractivity contribution in [1.82, 2.24) is 9.80 Å². The van der Waals surface area contributed by atoms with Crippen molar-refractivity contribution in [2.45, 2.75) is 63.8 Å². The smallest absolute Gasteiger partial charge is 0.115 e. The fourth-order valence-corrected chi connectivity index (χ4v) is 6.16. The van der Waals surface area contributed by atoms with E-state index in [0.29, 0.717) is 17.2 Å². The zero-order chi connectivity index (χ0) is 17.4. The first-order valence-corrected chi connectivity index (χ1v) is 10.5. The molecule has 1 saturated heterocycles. The fourth-order valence-electron chi connectivity index (χ4n) is 6.16. The molecule has 1 aromatic rings. The van der Waals surface area contributed by atoms with E-state index in [-0.39, 0.29) is 12.4 Å². The maximum Gasteiger partial charge on any atom is 0.115 e. The Bertz CT molecular complexity index is 618. The van der Waals surface area contributed by atoms with Crippen LogP contribution in [0.1, 0.15) is 57.1 Å². The SMILES string of the molecule is CCN(CC)CCN1CC[C@@]23CCCC[C@H]2[C@@H]1Cc1ccc(O)cc13.Cl. The molecule has 3 aliphatic rings. The van der Waals surface area contributed by atoms with E-state index >= 15 is 0 Å². The lowest BCUT2D eigenvalue weighted by molar-refractivity contribution is -0.0146. The summed E-state index contributed by atoms with van der Waals surface area (Å²) in [5.74, 6) is 1.25. The van der Waals surface area contributed by atoms with Gasteiger partial charge < -0.3 is 10.0 Å². The molecule has 1 aromatic carbocycles. The molecule has 0 unspecified atom stereocenters. The van der Waals surface area contributed by atoms with Crippen LogP contribution in [0, 0.1) is 5.92 Å². The van der Waals surface area contributed by atoms with Crippen LogP contribution >= 0.6 is 12.4 Å². The quantitative estimate of drug-likeness (QED) is 0.831. The van der Waals surface area contributed by atoms with Gasteiger partial charge in [0.15, 0.2) is 0 Å². The Kier molecular flexibility index (Phi) is 6.21. The molecule has 0 amide bonds. The average molecular weight is 379 g/mol. The van der Waals surface area contributed by atoms with E-state index in [1.807, 2.05) is 6.07 Å². The first-order chi connectivity index (χ1) is 12.2. The van der Waals surface area contributed by atoms with Crippen LogP contribution in [0.25, 0.3) is 0 Å². The standard InChI is InChI=1S/C22H34N2O.ClH/c1-3-23(4-2)13-14-24-12-11-22-10-6-5-7-19(22)21(24)15-17-8-9-18(25)16-20(17)22;/h8-9,16,19,21,25H,3-7,10-15H2,1-2H3;1H/t19-,21-,22-;/m0./s1. The molecule has 1 N–H and O–H groups in total. The molecule has 3 atom stereocenters. The normalized spacial score (nSPS) is 30.4. The number of likely N-dealkylation sites (tertiary alicyclic amines) is 1. The summed E-state index contributed by atoms with van der Waals surface area (Å²) in [7, 11) is 0. The summed E-state index contributed by atoms with van der Waals surface area (Å²) >= 11 is 0. The highest BCUT2D eigenvalue weighted by Gasteiger charge is 2.53. The molecule has 1 aliphatic heterocycles. The summed E-state index contributed by atoms with van der Waals surface area (Å²) in [5, 5.41) is 10.1. The number of halogens is 1. The fraction of sp³-hybridized carbons (Fsp3) is 0.727.